The summed E-state index contributed by atoms with van der Waals surface area (Å²) in [6.07, 6.45) is -3.89. The average molecular weight is 285 g/mol. The summed E-state index contributed by atoms with van der Waals surface area (Å²) >= 11 is 0. The topological polar surface area (TPSA) is 59.0 Å². The minimum absolute atomic E-state index is 0.0106. The van der Waals surface area contributed by atoms with Crippen molar-refractivity contribution in [2.24, 2.45) is 0 Å². The number of halogens is 3. The van der Waals surface area contributed by atoms with Crippen LogP contribution in [-0.4, -0.2) is 67.7 Å². The summed E-state index contributed by atoms with van der Waals surface area (Å²) in [7, 11) is 0. The van der Waals surface area contributed by atoms with E-state index in [1.165, 1.54) is 0 Å². The number of rotatable bonds is 7. The Morgan fingerprint density at radius 2 is 2.21 bits per heavy atom. The monoisotopic (exact) mass is 285 g/mol. The molecule has 1 aliphatic heterocycles. The Balaban J connectivity index is 2.20. The van der Waals surface area contributed by atoms with Crippen molar-refractivity contribution in [3.05, 3.63) is 0 Å². The molecular formula is C11H18F3NO4. The molecule has 1 unspecified atom stereocenters. The molecule has 5 nitrogen and oxygen atoms in total. The van der Waals surface area contributed by atoms with E-state index in [9.17, 15) is 18.0 Å². The molecule has 1 N–H and O–H groups in total. The van der Waals surface area contributed by atoms with Crippen molar-refractivity contribution in [2.75, 3.05) is 39.5 Å². The van der Waals surface area contributed by atoms with Gasteiger partial charge in [-0.1, -0.05) is 0 Å². The molecule has 0 amide bonds. The SMILES string of the molecule is O=C(O)CC1COCCN1CCCOCC(F)(F)F. The second-order valence-electron chi connectivity index (χ2n) is 4.38. The molecule has 1 rings (SSSR count). The molecule has 0 aromatic heterocycles. The number of hydrogen-bond acceptors (Lipinski definition) is 4. The molecule has 19 heavy (non-hydrogen) atoms. The van der Waals surface area contributed by atoms with Crippen LogP contribution in [0.1, 0.15) is 12.8 Å². The van der Waals surface area contributed by atoms with Gasteiger partial charge in [-0.05, 0) is 6.42 Å². The van der Waals surface area contributed by atoms with Crippen molar-refractivity contribution in [2.45, 2.75) is 25.1 Å². The van der Waals surface area contributed by atoms with Crippen molar-refractivity contribution < 1.29 is 32.5 Å². The Morgan fingerprint density at radius 1 is 1.47 bits per heavy atom. The van der Waals surface area contributed by atoms with Crippen LogP contribution >= 0.6 is 0 Å². The molecule has 1 saturated heterocycles. The molecule has 112 valence electrons. The van der Waals surface area contributed by atoms with E-state index in [2.05, 4.69) is 4.74 Å². The zero-order chi connectivity index (χ0) is 14.3. The first-order chi connectivity index (χ1) is 8.88. The van der Waals surface area contributed by atoms with Crippen LogP contribution in [0.4, 0.5) is 13.2 Å². The second-order valence-corrected chi connectivity index (χ2v) is 4.38. The lowest BCUT2D eigenvalue weighted by Crippen LogP contribution is -2.47. The standard InChI is InChI=1S/C11H18F3NO4/c12-11(13,14)8-19-4-1-2-15-3-5-18-7-9(15)6-10(16)17/h9H,1-8H2,(H,16,17). The van der Waals surface area contributed by atoms with Crippen molar-refractivity contribution >= 4 is 5.97 Å². The molecule has 0 saturated carbocycles. The lowest BCUT2D eigenvalue weighted by Gasteiger charge is -2.34. The maximum absolute atomic E-state index is 11.8. The fourth-order valence-corrected chi connectivity index (χ4v) is 1.93. The third kappa shape index (κ3) is 7.34. The van der Waals surface area contributed by atoms with Gasteiger partial charge < -0.3 is 14.6 Å². The van der Waals surface area contributed by atoms with E-state index in [1.807, 2.05) is 4.90 Å². The fourth-order valence-electron chi connectivity index (χ4n) is 1.93. The second kappa shape index (κ2) is 7.66. The van der Waals surface area contributed by atoms with Crippen molar-refractivity contribution in [1.82, 2.24) is 4.90 Å². The molecule has 0 aromatic carbocycles. The summed E-state index contributed by atoms with van der Waals surface area (Å²) in [5, 5.41) is 8.75. The highest BCUT2D eigenvalue weighted by Gasteiger charge is 2.28. The van der Waals surface area contributed by atoms with Crippen LogP contribution in [0.25, 0.3) is 0 Å². The van der Waals surface area contributed by atoms with E-state index in [-0.39, 0.29) is 19.1 Å². The highest BCUT2D eigenvalue weighted by Crippen LogP contribution is 2.15. The molecule has 1 fully saturated rings. The van der Waals surface area contributed by atoms with E-state index in [1.54, 1.807) is 0 Å². The number of aliphatic carboxylic acids is 1. The summed E-state index contributed by atoms with van der Waals surface area (Å²) in [5.74, 6) is -0.908. The molecule has 1 atom stereocenters. The first-order valence-corrected chi connectivity index (χ1v) is 6.06. The highest BCUT2D eigenvalue weighted by molar-refractivity contribution is 5.67. The van der Waals surface area contributed by atoms with Crippen LogP contribution in [0.2, 0.25) is 0 Å². The van der Waals surface area contributed by atoms with E-state index >= 15 is 0 Å². The normalized spacial score (nSPS) is 21.5. The quantitative estimate of drug-likeness (QED) is 0.711. The van der Waals surface area contributed by atoms with Crippen molar-refractivity contribution in [3.63, 3.8) is 0 Å². The molecule has 0 spiro atoms. The highest BCUT2D eigenvalue weighted by atomic mass is 19.4. The minimum Gasteiger partial charge on any atom is -0.481 e. The van der Waals surface area contributed by atoms with Crippen molar-refractivity contribution in [3.8, 4) is 0 Å². The van der Waals surface area contributed by atoms with Crippen LogP contribution in [0.3, 0.4) is 0 Å². The van der Waals surface area contributed by atoms with E-state index in [4.69, 9.17) is 9.84 Å². The lowest BCUT2D eigenvalue weighted by molar-refractivity contribution is -0.174. The number of carboxylic acids is 1. The predicted octanol–water partition coefficient (Wildman–Crippen LogP) is 1.13. The van der Waals surface area contributed by atoms with Crippen LogP contribution < -0.4 is 0 Å². The molecule has 8 heteroatoms. The van der Waals surface area contributed by atoms with Gasteiger partial charge in [-0.25, -0.2) is 0 Å². The number of carboxylic acid groups (broad SMARTS) is 1. The van der Waals surface area contributed by atoms with Gasteiger partial charge in [0, 0.05) is 25.7 Å². The molecule has 0 aromatic rings. The number of morpholine rings is 1. The largest absolute Gasteiger partial charge is 0.481 e. The first-order valence-electron chi connectivity index (χ1n) is 6.06. The number of ether oxygens (including phenoxy) is 2. The Morgan fingerprint density at radius 3 is 2.84 bits per heavy atom. The van der Waals surface area contributed by atoms with Crippen molar-refractivity contribution in [1.29, 1.82) is 0 Å². The predicted molar refractivity (Wildman–Crippen MR) is 59.9 cm³/mol. The van der Waals surface area contributed by atoms with Gasteiger partial charge in [-0.15, -0.1) is 0 Å². The summed E-state index contributed by atoms with van der Waals surface area (Å²) in [6, 6.07) is -0.214. The van der Waals surface area contributed by atoms with E-state index in [0.717, 1.165) is 0 Å². The average Bonchev–Trinajstić information content (AvgIpc) is 2.28. The smallest absolute Gasteiger partial charge is 0.411 e. The number of nitrogens with zero attached hydrogens (tertiary/aromatic N) is 1. The molecule has 0 bridgehead atoms. The number of alkyl halides is 3. The lowest BCUT2D eigenvalue weighted by atomic mass is 10.1. The van der Waals surface area contributed by atoms with Crippen LogP contribution in [0, 0.1) is 0 Å². The van der Waals surface area contributed by atoms with Gasteiger partial charge in [0.2, 0.25) is 0 Å². The Bertz CT molecular complexity index is 286. The van der Waals surface area contributed by atoms with Gasteiger partial charge >= 0.3 is 12.1 Å². The Labute approximate surface area is 109 Å². The van der Waals surface area contributed by atoms with E-state index in [0.29, 0.717) is 32.7 Å². The molecule has 1 heterocycles. The summed E-state index contributed by atoms with van der Waals surface area (Å²) < 4.78 is 45.2. The Kier molecular flexibility index (Phi) is 6.53. The van der Waals surface area contributed by atoms with Gasteiger partial charge in [-0.3, -0.25) is 9.69 Å². The molecule has 0 aliphatic carbocycles. The zero-order valence-corrected chi connectivity index (χ0v) is 10.5. The summed E-state index contributed by atoms with van der Waals surface area (Å²) in [6.45, 7) is 0.733. The Hall–Kier alpha value is -0.860. The number of hydrogen-bond donors (Lipinski definition) is 1. The van der Waals surface area contributed by atoms with Crippen LogP contribution in [0.15, 0.2) is 0 Å². The van der Waals surface area contributed by atoms with Gasteiger partial charge in [0.1, 0.15) is 6.61 Å². The summed E-state index contributed by atoms with van der Waals surface area (Å²) in [4.78, 5) is 12.6. The maximum Gasteiger partial charge on any atom is 0.411 e. The van der Waals surface area contributed by atoms with Crippen LogP contribution in [0.5, 0.6) is 0 Å². The molecule has 1 aliphatic rings. The van der Waals surface area contributed by atoms with Gasteiger partial charge in [0.15, 0.2) is 0 Å². The van der Waals surface area contributed by atoms with Gasteiger partial charge in [0.25, 0.3) is 0 Å². The first kappa shape index (κ1) is 16.2. The third-order valence-electron chi connectivity index (χ3n) is 2.76. The molecule has 0 radical (unpaired) electrons. The summed E-state index contributed by atoms with van der Waals surface area (Å²) in [5.41, 5.74) is 0. The zero-order valence-electron chi connectivity index (χ0n) is 10.5. The third-order valence-corrected chi connectivity index (χ3v) is 2.76. The van der Waals surface area contributed by atoms with Gasteiger partial charge in [0.05, 0.1) is 19.6 Å². The maximum atomic E-state index is 11.8. The number of carbonyl (C=O) groups is 1. The van der Waals surface area contributed by atoms with E-state index < -0.39 is 18.8 Å². The van der Waals surface area contributed by atoms with Gasteiger partial charge in [-0.2, -0.15) is 13.2 Å². The fraction of sp³-hybridized carbons (Fsp3) is 0.909. The molecular weight excluding hydrogens is 267 g/mol. The minimum atomic E-state index is -4.30. The van der Waals surface area contributed by atoms with Crippen LogP contribution in [-0.2, 0) is 14.3 Å².